The predicted molar refractivity (Wildman–Crippen MR) is 138 cm³/mol. The van der Waals surface area contributed by atoms with E-state index in [-0.39, 0.29) is 0 Å². The van der Waals surface area contributed by atoms with Gasteiger partial charge in [0, 0.05) is 27.7 Å². The summed E-state index contributed by atoms with van der Waals surface area (Å²) in [5.74, 6) is 2.19. The van der Waals surface area contributed by atoms with Crippen molar-refractivity contribution in [2.75, 3.05) is 7.11 Å². The summed E-state index contributed by atoms with van der Waals surface area (Å²) in [5.41, 5.74) is 4.60. The van der Waals surface area contributed by atoms with Gasteiger partial charge in [0.05, 0.1) is 7.11 Å². The Morgan fingerprint density at radius 2 is 1.00 bits per heavy atom. The van der Waals surface area contributed by atoms with Crippen LogP contribution in [0.25, 0.3) is 45.3 Å². The van der Waals surface area contributed by atoms with Crippen molar-refractivity contribution >= 4 is 12.6 Å². The molecule has 0 amide bonds. The third-order valence-corrected chi connectivity index (χ3v) is 5.68. The Labute approximate surface area is 203 Å². The van der Waals surface area contributed by atoms with Crippen LogP contribution in [0.4, 0.5) is 0 Å². The average molecular weight is 459 g/mol. The van der Waals surface area contributed by atoms with Crippen LogP contribution >= 0.6 is 0 Å². The third kappa shape index (κ3) is 4.68. The molecule has 0 saturated carbocycles. The molecule has 1 aromatic heterocycles. The standard InChI is InChI=1S/C28H22BN3O3/c1-35-25-23(13-8-14-24(25)29(33)34)19-15-17-22(18-16-19)28-31-26(20-9-4-2-5-10-20)30-27(32-28)21-11-6-3-7-12-21/h2-18,33-34H,1H3. The molecule has 6 nitrogen and oxygen atoms in total. The molecule has 0 aliphatic carbocycles. The Bertz CT molecular complexity index is 1390. The first-order chi connectivity index (χ1) is 17.1. The highest BCUT2D eigenvalue weighted by molar-refractivity contribution is 6.60. The van der Waals surface area contributed by atoms with E-state index in [2.05, 4.69) is 0 Å². The van der Waals surface area contributed by atoms with Crippen LogP contribution in [0.2, 0.25) is 0 Å². The Morgan fingerprint density at radius 1 is 0.543 bits per heavy atom. The smallest absolute Gasteiger partial charge is 0.492 e. The quantitative estimate of drug-likeness (QED) is 0.370. The minimum atomic E-state index is -1.62. The molecule has 35 heavy (non-hydrogen) atoms. The van der Waals surface area contributed by atoms with E-state index in [1.54, 1.807) is 12.1 Å². The predicted octanol–water partition coefficient (Wildman–Crippen LogP) is 4.23. The Morgan fingerprint density at radius 3 is 1.46 bits per heavy atom. The van der Waals surface area contributed by atoms with Gasteiger partial charge in [-0.25, -0.2) is 15.0 Å². The van der Waals surface area contributed by atoms with E-state index in [1.165, 1.54) is 7.11 Å². The normalized spacial score (nSPS) is 10.7. The van der Waals surface area contributed by atoms with Crippen molar-refractivity contribution in [2.45, 2.75) is 0 Å². The number of hydrogen-bond donors (Lipinski definition) is 2. The second kappa shape index (κ2) is 9.89. The van der Waals surface area contributed by atoms with E-state index in [9.17, 15) is 10.0 Å². The number of ether oxygens (including phenoxy) is 1. The van der Waals surface area contributed by atoms with Crippen molar-refractivity contribution in [3.63, 3.8) is 0 Å². The van der Waals surface area contributed by atoms with Gasteiger partial charge in [-0.15, -0.1) is 0 Å². The molecular formula is C28H22BN3O3. The van der Waals surface area contributed by atoms with Crippen LogP contribution in [-0.4, -0.2) is 39.2 Å². The molecule has 0 unspecified atom stereocenters. The maximum atomic E-state index is 9.69. The zero-order valence-electron chi connectivity index (χ0n) is 19.0. The van der Waals surface area contributed by atoms with E-state index in [0.29, 0.717) is 28.7 Å². The lowest BCUT2D eigenvalue weighted by atomic mass is 9.78. The van der Waals surface area contributed by atoms with Crippen molar-refractivity contribution in [3.05, 3.63) is 103 Å². The van der Waals surface area contributed by atoms with E-state index in [1.807, 2.05) is 91.0 Å². The Kier molecular flexibility index (Phi) is 6.35. The molecule has 1 heterocycles. The summed E-state index contributed by atoms with van der Waals surface area (Å²) in [7, 11) is -0.109. The first-order valence-corrected chi connectivity index (χ1v) is 11.1. The average Bonchev–Trinajstić information content (AvgIpc) is 2.93. The zero-order valence-corrected chi connectivity index (χ0v) is 19.0. The number of para-hydroxylation sites is 1. The molecule has 0 saturated heterocycles. The highest BCUT2D eigenvalue weighted by Crippen LogP contribution is 2.31. The molecule has 0 atom stereocenters. The van der Waals surface area contributed by atoms with Gasteiger partial charge in [-0.3, -0.25) is 0 Å². The first-order valence-electron chi connectivity index (χ1n) is 11.1. The molecule has 0 aliphatic rings. The molecule has 0 spiro atoms. The second-order valence-electron chi connectivity index (χ2n) is 7.92. The van der Waals surface area contributed by atoms with Gasteiger partial charge in [0.2, 0.25) is 0 Å². The van der Waals surface area contributed by atoms with Gasteiger partial charge in [0.1, 0.15) is 5.75 Å². The highest BCUT2D eigenvalue weighted by atomic mass is 16.5. The summed E-state index contributed by atoms with van der Waals surface area (Å²) >= 11 is 0. The second-order valence-corrected chi connectivity index (χ2v) is 7.92. The molecule has 0 bridgehead atoms. The van der Waals surface area contributed by atoms with Crippen LogP contribution in [-0.2, 0) is 0 Å². The van der Waals surface area contributed by atoms with Crippen molar-refractivity contribution < 1.29 is 14.8 Å². The fourth-order valence-electron chi connectivity index (χ4n) is 3.95. The maximum absolute atomic E-state index is 9.69. The van der Waals surface area contributed by atoms with Gasteiger partial charge < -0.3 is 14.8 Å². The molecule has 0 radical (unpaired) electrons. The molecule has 0 aliphatic heterocycles. The van der Waals surface area contributed by atoms with Gasteiger partial charge in [-0.1, -0.05) is 103 Å². The van der Waals surface area contributed by atoms with Crippen molar-refractivity contribution in [1.82, 2.24) is 15.0 Å². The monoisotopic (exact) mass is 459 g/mol. The lowest BCUT2D eigenvalue weighted by Gasteiger charge is -2.14. The topological polar surface area (TPSA) is 88.4 Å². The minimum absolute atomic E-state index is 0.312. The lowest BCUT2D eigenvalue weighted by Crippen LogP contribution is -2.31. The Balaban J connectivity index is 1.59. The van der Waals surface area contributed by atoms with E-state index in [0.717, 1.165) is 27.8 Å². The molecule has 7 heteroatoms. The van der Waals surface area contributed by atoms with Crippen LogP contribution < -0.4 is 10.2 Å². The number of methoxy groups -OCH3 is 1. The van der Waals surface area contributed by atoms with Gasteiger partial charge in [-0.05, 0) is 5.56 Å². The highest BCUT2D eigenvalue weighted by Gasteiger charge is 2.20. The van der Waals surface area contributed by atoms with E-state index in [4.69, 9.17) is 19.7 Å². The summed E-state index contributed by atoms with van der Waals surface area (Å²) in [6.07, 6.45) is 0. The van der Waals surface area contributed by atoms with Crippen LogP contribution in [0.5, 0.6) is 5.75 Å². The number of nitrogens with zero attached hydrogens (tertiary/aromatic N) is 3. The van der Waals surface area contributed by atoms with Crippen molar-refractivity contribution in [2.24, 2.45) is 0 Å². The van der Waals surface area contributed by atoms with Gasteiger partial charge in [-0.2, -0.15) is 0 Å². The molecule has 170 valence electrons. The summed E-state index contributed by atoms with van der Waals surface area (Å²) < 4.78 is 5.48. The van der Waals surface area contributed by atoms with Crippen LogP contribution in [0.3, 0.4) is 0 Å². The van der Waals surface area contributed by atoms with Crippen LogP contribution in [0.15, 0.2) is 103 Å². The molecule has 2 N–H and O–H groups in total. The summed E-state index contributed by atoms with van der Waals surface area (Å²) in [6.45, 7) is 0. The maximum Gasteiger partial charge on any atom is 0.492 e. The largest absolute Gasteiger partial charge is 0.496 e. The fraction of sp³-hybridized carbons (Fsp3) is 0.0357. The van der Waals surface area contributed by atoms with E-state index < -0.39 is 7.12 Å². The zero-order chi connectivity index (χ0) is 24.2. The summed E-state index contributed by atoms with van der Waals surface area (Å²) in [4.78, 5) is 14.2. The fourth-order valence-corrected chi connectivity index (χ4v) is 3.95. The summed E-state index contributed by atoms with van der Waals surface area (Å²) in [5, 5.41) is 19.4. The van der Waals surface area contributed by atoms with E-state index >= 15 is 0 Å². The van der Waals surface area contributed by atoms with Crippen molar-refractivity contribution in [1.29, 1.82) is 0 Å². The molecule has 0 fully saturated rings. The number of aromatic nitrogens is 3. The number of rotatable bonds is 6. The third-order valence-electron chi connectivity index (χ3n) is 5.68. The van der Waals surface area contributed by atoms with Gasteiger partial charge in [0.25, 0.3) is 0 Å². The molecule has 5 aromatic rings. The molecular weight excluding hydrogens is 437 g/mol. The lowest BCUT2D eigenvalue weighted by molar-refractivity contribution is 0.404. The minimum Gasteiger partial charge on any atom is -0.496 e. The number of benzene rings is 4. The SMILES string of the molecule is COc1c(B(O)O)cccc1-c1ccc(-c2nc(-c3ccccc3)nc(-c3ccccc3)n2)cc1. The number of hydrogen-bond acceptors (Lipinski definition) is 6. The summed E-state index contributed by atoms with van der Waals surface area (Å²) in [6, 6.07) is 32.7. The first kappa shape index (κ1) is 22.5. The van der Waals surface area contributed by atoms with Crippen LogP contribution in [0, 0.1) is 0 Å². The van der Waals surface area contributed by atoms with Crippen molar-refractivity contribution in [3.8, 4) is 51.0 Å². The Hall–Kier alpha value is -4.33. The van der Waals surface area contributed by atoms with Gasteiger partial charge in [0.15, 0.2) is 17.5 Å². The van der Waals surface area contributed by atoms with Gasteiger partial charge >= 0.3 is 7.12 Å². The molecule has 5 rings (SSSR count). The molecule has 4 aromatic carbocycles. The van der Waals surface area contributed by atoms with Crippen LogP contribution in [0.1, 0.15) is 0 Å².